The second kappa shape index (κ2) is 7.59. The average molecular weight is 437 g/mol. The first-order valence-electron chi connectivity index (χ1n) is 9.34. The summed E-state index contributed by atoms with van der Waals surface area (Å²) in [5.74, 6) is -0.927. The molecule has 1 saturated carbocycles. The van der Waals surface area contributed by atoms with Gasteiger partial charge in [0.2, 0.25) is 0 Å². The maximum Gasteiger partial charge on any atom is 0.255 e. The fraction of sp³-hybridized carbons (Fsp3) is 0.333. The Hall–Kier alpha value is -2.15. The van der Waals surface area contributed by atoms with Crippen molar-refractivity contribution in [3.05, 3.63) is 57.8 Å². The van der Waals surface area contributed by atoms with Crippen LogP contribution in [0.3, 0.4) is 0 Å². The molecule has 2 aliphatic rings. The van der Waals surface area contributed by atoms with Crippen molar-refractivity contribution in [3.63, 3.8) is 0 Å². The average Bonchev–Trinajstić information content (AvgIpc) is 3.47. The number of aliphatic hydroxyl groups is 1. The van der Waals surface area contributed by atoms with E-state index in [9.17, 15) is 19.1 Å². The number of amides is 2. The number of halogens is 3. The van der Waals surface area contributed by atoms with Gasteiger partial charge >= 0.3 is 0 Å². The molecular weight excluding hydrogens is 418 g/mol. The van der Waals surface area contributed by atoms with Crippen LogP contribution in [-0.4, -0.2) is 58.5 Å². The van der Waals surface area contributed by atoms with E-state index in [1.54, 1.807) is 28.0 Å². The van der Waals surface area contributed by atoms with Crippen LogP contribution in [0.25, 0.3) is 11.1 Å². The molecule has 2 amide bonds. The number of hydrogen-bond acceptors (Lipinski definition) is 3. The number of hydrogen-bond donors (Lipinski definition) is 1. The zero-order chi connectivity index (χ0) is 20.8. The van der Waals surface area contributed by atoms with Gasteiger partial charge in [-0.1, -0.05) is 29.3 Å². The Morgan fingerprint density at radius 1 is 0.966 bits per heavy atom. The van der Waals surface area contributed by atoms with Crippen LogP contribution in [-0.2, 0) is 4.79 Å². The van der Waals surface area contributed by atoms with Gasteiger partial charge in [0, 0.05) is 36.8 Å². The minimum absolute atomic E-state index is 0.220. The lowest BCUT2D eigenvalue weighted by Crippen LogP contribution is -2.53. The predicted molar refractivity (Wildman–Crippen MR) is 109 cm³/mol. The van der Waals surface area contributed by atoms with Crippen LogP contribution in [0.5, 0.6) is 0 Å². The summed E-state index contributed by atoms with van der Waals surface area (Å²) in [6, 6.07) is 9.01. The highest BCUT2D eigenvalue weighted by Crippen LogP contribution is 2.37. The Labute approximate surface area is 177 Å². The van der Waals surface area contributed by atoms with Crippen molar-refractivity contribution in [1.82, 2.24) is 9.80 Å². The number of piperazine rings is 1. The van der Waals surface area contributed by atoms with Crippen LogP contribution in [0.1, 0.15) is 23.2 Å². The molecule has 5 nitrogen and oxygen atoms in total. The normalized spacial score (nSPS) is 17.9. The second-order valence-electron chi connectivity index (χ2n) is 7.43. The lowest BCUT2D eigenvalue weighted by Gasteiger charge is -2.36. The summed E-state index contributed by atoms with van der Waals surface area (Å²) in [5.41, 5.74) is -0.0392. The molecule has 2 fully saturated rings. The number of benzene rings is 2. The van der Waals surface area contributed by atoms with E-state index in [4.69, 9.17) is 23.2 Å². The van der Waals surface area contributed by atoms with Crippen molar-refractivity contribution in [2.24, 2.45) is 0 Å². The molecule has 2 aromatic rings. The zero-order valence-electron chi connectivity index (χ0n) is 15.5. The van der Waals surface area contributed by atoms with Crippen molar-refractivity contribution in [2.45, 2.75) is 18.4 Å². The summed E-state index contributed by atoms with van der Waals surface area (Å²) in [6.07, 6.45) is 1.00. The van der Waals surface area contributed by atoms with Crippen molar-refractivity contribution in [3.8, 4) is 11.1 Å². The molecule has 1 aliphatic carbocycles. The van der Waals surface area contributed by atoms with Crippen LogP contribution in [0.2, 0.25) is 10.0 Å². The molecule has 8 heteroatoms. The molecule has 0 unspecified atom stereocenters. The van der Waals surface area contributed by atoms with Gasteiger partial charge in [-0.25, -0.2) is 4.39 Å². The van der Waals surface area contributed by atoms with E-state index in [0.717, 1.165) is 0 Å². The van der Waals surface area contributed by atoms with Crippen LogP contribution in [0.15, 0.2) is 36.4 Å². The first-order chi connectivity index (χ1) is 13.8. The van der Waals surface area contributed by atoms with E-state index in [1.165, 1.54) is 18.2 Å². The minimum atomic E-state index is -1.19. The van der Waals surface area contributed by atoms with Crippen molar-refractivity contribution in [1.29, 1.82) is 0 Å². The molecule has 29 heavy (non-hydrogen) atoms. The van der Waals surface area contributed by atoms with Crippen LogP contribution in [0.4, 0.5) is 4.39 Å². The summed E-state index contributed by atoms with van der Waals surface area (Å²) in [5, 5.41) is 10.6. The van der Waals surface area contributed by atoms with E-state index in [1.807, 2.05) is 0 Å². The van der Waals surface area contributed by atoms with Gasteiger partial charge in [-0.3, -0.25) is 9.59 Å². The molecular formula is C21H19Cl2FN2O3. The van der Waals surface area contributed by atoms with E-state index in [0.29, 0.717) is 60.7 Å². The zero-order valence-corrected chi connectivity index (χ0v) is 17.0. The van der Waals surface area contributed by atoms with Gasteiger partial charge in [0.05, 0.1) is 10.6 Å². The van der Waals surface area contributed by atoms with E-state index < -0.39 is 11.4 Å². The topological polar surface area (TPSA) is 60.9 Å². The molecule has 4 rings (SSSR count). The highest BCUT2D eigenvalue weighted by atomic mass is 35.5. The summed E-state index contributed by atoms with van der Waals surface area (Å²) in [7, 11) is 0. The van der Waals surface area contributed by atoms with Gasteiger partial charge in [0.25, 0.3) is 11.8 Å². The third-order valence-corrected chi connectivity index (χ3v) is 5.96. The highest BCUT2D eigenvalue weighted by molar-refractivity contribution is 6.34. The fourth-order valence-electron chi connectivity index (χ4n) is 3.48. The van der Waals surface area contributed by atoms with Crippen molar-refractivity contribution >= 4 is 35.0 Å². The molecule has 1 heterocycles. The van der Waals surface area contributed by atoms with Crippen LogP contribution < -0.4 is 0 Å². The van der Waals surface area contributed by atoms with Gasteiger partial charge in [-0.15, -0.1) is 0 Å². The second-order valence-corrected chi connectivity index (χ2v) is 8.28. The van der Waals surface area contributed by atoms with Gasteiger partial charge < -0.3 is 14.9 Å². The fourth-order valence-corrected chi connectivity index (χ4v) is 3.92. The Bertz CT molecular complexity index is 986. The monoisotopic (exact) mass is 436 g/mol. The van der Waals surface area contributed by atoms with Crippen molar-refractivity contribution in [2.75, 3.05) is 26.2 Å². The lowest BCUT2D eigenvalue weighted by atomic mass is 10.0. The van der Waals surface area contributed by atoms with Gasteiger partial charge in [0.1, 0.15) is 11.4 Å². The lowest BCUT2D eigenvalue weighted by molar-refractivity contribution is -0.143. The Balaban J connectivity index is 1.47. The molecule has 1 saturated heterocycles. The molecule has 152 valence electrons. The minimum Gasteiger partial charge on any atom is -0.380 e. The molecule has 2 aromatic carbocycles. The number of carbonyl (C=O) groups excluding carboxylic acids is 2. The van der Waals surface area contributed by atoms with Crippen LogP contribution in [0, 0.1) is 5.82 Å². The number of carbonyl (C=O) groups is 2. The first kappa shape index (κ1) is 20.1. The standard InChI is InChI=1S/C21H19Cl2FN2O3/c22-14-2-4-18(24)16(12-14)13-1-3-15(17(23)11-13)19(27)25-7-9-26(10-8-25)20(28)21(29)5-6-21/h1-4,11-12,29H,5-10H2. The third kappa shape index (κ3) is 3.97. The largest absolute Gasteiger partial charge is 0.380 e. The SMILES string of the molecule is O=C(c1ccc(-c2cc(Cl)ccc2F)cc1Cl)N1CCN(C(=O)C2(O)CC2)CC1. The molecule has 0 radical (unpaired) electrons. The number of nitrogens with zero attached hydrogens (tertiary/aromatic N) is 2. The molecule has 0 atom stereocenters. The number of rotatable bonds is 3. The van der Waals surface area contributed by atoms with Crippen molar-refractivity contribution < 1.29 is 19.1 Å². The highest BCUT2D eigenvalue weighted by Gasteiger charge is 2.50. The van der Waals surface area contributed by atoms with E-state index in [-0.39, 0.29) is 16.8 Å². The molecule has 0 spiro atoms. The third-order valence-electron chi connectivity index (χ3n) is 5.41. The summed E-state index contributed by atoms with van der Waals surface area (Å²) < 4.78 is 14.1. The van der Waals surface area contributed by atoms with Gasteiger partial charge in [-0.2, -0.15) is 0 Å². The van der Waals surface area contributed by atoms with Gasteiger partial charge in [0.15, 0.2) is 0 Å². The van der Waals surface area contributed by atoms with Gasteiger partial charge in [-0.05, 0) is 48.7 Å². The Morgan fingerprint density at radius 3 is 2.24 bits per heavy atom. The van der Waals surface area contributed by atoms with E-state index >= 15 is 0 Å². The Morgan fingerprint density at radius 2 is 1.62 bits per heavy atom. The molecule has 0 bridgehead atoms. The van der Waals surface area contributed by atoms with Crippen LogP contribution >= 0.6 is 23.2 Å². The maximum atomic E-state index is 14.1. The molecule has 0 aromatic heterocycles. The summed E-state index contributed by atoms with van der Waals surface area (Å²) >= 11 is 12.3. The maximum absolute atomic E-state index is 14.1. The van der Waals surface area contributed by atoms with E-state index in [2.05, 4.69) is 0 Å². The Kier molecular flexibility index (Phi) is 5.27. The molecule has 1 N–H and O–H groups in total. The quantitative estimate of drug-likeness (QED) is 0.799. The predicted octanol–water partition coefficient (Wildman–Crippen LogP) is 3.61. The summed E-state index contributed by atoms with van der Waals surface area (Å²) in [6.45, 7) is 1.47. The smallest absolute Gasteiger partial charge is 0.255 e. The first-order valence-corrected chi connectivity index (χ1v) is 10.1. The molecule has 1 aliphatic heterocycles. The summed E-state index contributed by atoms with van der Waals surface area (Å²) in [4.78, 5) is 28.3.